The van der Waals surface area contributed by atoms with Gasteiger partial charge in [0.05, 0.1) is 38.1 Å². The molecule has 138 valence electrons. The normalized spacial score (nSPS) is 33.5. The Labute approximate surface area is 202 Å². The van der Waals surface area contributed by atoms with E-state index < -0.39 is 0 Å². The minimum atomic E-state index is -0.0645. The van der Waals surface area contributed by atoms with Gasteiger partial charge in [0.1, 0.15) is 11.5 Å². The van der Waals surface area contributed by atoms with Crippen LogP contribution in [0.15, 0.2) is 23.7 Å². The van der Waals surface area contributed by atoms with E-state index in [0.29, 0.717) is 24.4 Å². The molecule has 0 spiro atoms. The predicted molar refractivity (Wildman–Crippen MR) is 81.9 cm³/mol. The molecular formula is C16H22N2O6Y2. The molecule has 4 saturated heterocycles. The number of β-lactam (4-membered cyclic amide) rings is 2. The van der Waals surface area contributed by atoms with E-state index in [1.54, 1.807) is 22.0 Å². The first-order chi connectivity index (χ1) is 11.5. The molecule has 4 rings (SSSR count). The molecule has 8 nitrogen and oxygen atoms in total. The van der Waals surface area contributed by atoms with Crippen LogP contribution in [0.2, 0.25) is 0 Å². The minimum Gasteiger partial charge on any atom is -0.472 e. The Hall–Kier alpha value is 0.148. The van der Waals surface area contributed by atoms with E-state index >= 15 is 0 Å². The van der Waals surface area contributed by atoms with Gasteiger partial charge in [0.15, 0.2) is 12.5 Å². The number of ether oxygens (including phenoxy) is 2. The van der Waals surface area contributed by atoms with Crippen LogP contribution in [0.1, 0.15) is 26.7 Å². The van der Waals surface area contributed by atoms with Crippen molar-refractivity contribution >= 4 is 11.8 Å². The summed E-state index contributed by atoms with van der Waals surface area (Å²) < 4.78 is 10.8. The smallest absolute Gasteiger partial charge is 0.231 e. The fourth-order valence-electron chi connectivity index (χ4n) is 3.33. The standard InChI is InChI=1S/2C8H11NO3.2Y/c2*1-5-6(2-3-10)12-8-4-7(11)9(5)8;;/h2*2,5,8,10H,3-4H2,1H3;;/b2*6-2-;;. The number of amides is 2. The van der Waals surface area contributed by atoms with E-state index in [4.69, 9.17) is 19.7 Å². The first-order valence-electron chi connectivity index (χ1n) is 8.05. The third-order valence-electron chi connectivity index (χ3n) is 4.68. The first kappa shape index (κ1) is 24.2. The van der Waals surface area contributed by atoms with Crippen molar-refractivity contribution < 1.29 is 94.7 Å². The average Bonchev–Trinajstić information content (AvgIpc) is 2.91. The average molecular weight is 516 g/mol. The molecule has 4 unspecified atom stereocenters. The summed E-state index contributed by atoms with van der Waals surface area (Å²) in [5, 5.41) is 17.3. The van der Waals surface area contributed by atoms with Crippen molar-refractivity contribution in [2.45, 2.75) is 51.2 Å². The van der Waals surface area contributed by atoms with Gasteiger partial charge in [-0.1, -0.05) is 0 Å². The van der Waals surface area contributed by atoms with Gasteiger partial charge in [-0.25, -0.2) is 0 Å². The van der Waals surface area contributed by atoms with Crippen molar-refractivity contribution in [3.05, 3.63) is 23.7 Å². The fraction of sp³-hybridized carbons (Fsp3) is 0.625. The Morgan fingerprint density at radius 1 is 0.885 bits per heavy atom. The maximum atomic E-state index is 11.0. The van der Waals surface area contributed by atoms with E-state index in [-0.39, 0.29) is 115 Å². The predicted octanol–water partition coefficient (Wildman–Crippen LogP) is -0.326. The van der Waals surface area contributed by atoms with Gasteiger partial charge >= 0.3 is 0 Å². The van der Waals surface area contributed by atoms with Gasteiger partial charge in [-0.2, -0.15) is 0 Å². The van der Waals surface area contributed by atoms with Gasteiger partial charge in [-0.15, -0.1) is 0 Å². The van der Waals surface area contributed by atoms with Crippen molar-refractivity contribution in [3.8, 4) is 0 Å². The number of aliphatic hydroxyl groups excluding tert-OH is 2. The van der Waals surface area contributed by atoms with Crippen LogP contribution in [0.3, 0.4) is 0 Å². The van der Waals surface area contributed by atoms with Crippen LogP contribution in [-0.4, -0.2) is 69.6 Å². The monoisotopic (exact) mass is 516 g/mol. The molecule has 26 heavy (non-hydrogen) atoms. The molecule has 2 radical (unpaired) electrons. The molecule has 2 amide bonds. The van der Waals surface area contributed by atoms with Gasteiger partial charge in [0.2, 0.25) is 11.8 Å². The van der Waals surface area contributed by atoms with Crippen molar-refractivity contribution in [2.24, 2.45) is 0 Å². The van der Waals surface area contributed by atoms with Crippen LogP contribution in [0.5, 0.6) is 0 Å². The molecule has 0 bridgehead atoms. The number of aliphatic hydroxyl groups is 2. The largest absolute Gasteiger partial charge is 0.472 e. The van der Waals surface area contributed by atoms with E-state index in [1.165, 1.54) is 0 Å². The van der Waals surface area contributed by atoms with Gasteiger partial charge in [0, 0.05) is 65.4 Å². The first-order valence-corrected chi connectivity index (χ1v) is 8.05. The number of hydrogen-bond donors (Lipinski definition) is 2. The quantitative estimate of drug-likeness (QED) is 0.489. The molecule has 0 aromatic heterocycles. The molecule has 4 aliphatic rings. The number of carbonyl (C=O) groups is 2. The molecule has 0 aromatic carbocycles. The van der Waals surface area contributed by atoms with Crippen LogP contribution in [0, 0.1) is 0 Å². The fourth-order valence-corrected chi connectivity index (χ4v) is 3.33. The second-order valence-corrected chi connectivity index (χ2v) is 6.09. The van der Waals surface area contributed by atoms with Crippen molar-refractivity contribution in [2.75, 3.05) is 13.2 Å². The Balaban J connectivity index is 0.000000241. The maximum Gasteiger partial charge on any atom is 0.231 e. The summed E-state index contributed by atoms with van der Waals surface area (Å²) in [5.74, 6) is 1.70. The molecule has 10 heteroatoms. The zero-order valence-electron chi connectivity index (χ0n) is 14.9. The van der Waals surface area contributed by atoms with Crippen LogP contribution >= 0.6 is 0 Å². The van der Waals surface area contributed by atoms with Gasteiger partial charge in [-0.3, -0.25) is 19.4 Å². The molecule has 0 aliphatic carbocycles. The molecule has 2 N–H and O–H groups in total. The zero-order valence-corrected chi connectivity index (χ0v) is 20.5. The van der Waals surface area contributed by atoms with Crippen molar-refractivity contribution in [1.29, 1.82) is 0 Å². The molecule has 0 saturated carbocycles. The second-order valence-electron chi connectivity index (χ2n) is 6.09. The summed E-state index contributed by atoms with van der Waals surface area (Å²) in [6, 6.07) is 0.00630. The number of carbonyl (C=O) groups excluding carboxylic acids is 2. The summed E-state index contributed by atoms with van der Waals surface area (Å²) in [4.78, 5) is 25.4. The van der Waals surface area contributed by atoms with E-state index in [1.807, 2.05) is 13.8 Å². The van der Waals surface area contributed by atoms with Gasteiger partial charge in [0.25, 0.3) is 0 Å². The Morgan fingerprint density at radius 3 is 1.46 bits per heavy atom. The summed E-state index contributed by atoms with van der Waals surface area (Å²) in [5.41, 5.74) is 0. The minimum absolute atomic E-state index is 0. The van der Waals surface area contributed by atoms with Gasteiger partial charge < -0.3 is 19.7 Å². The van der Waals surface area contributed by atoms with Crippen LogP contribution in [0.4, 0.5) is 0 Å². The Bertz CT molecular complexity index is 560. The summed E-state index contributed by atoms with van der Waals surface area (Å²) >= 11 is 0. The van der Waals surface area contributed by atoms with E-state index in [0.717, 1.165) is 0 Å². The van der Waals surface area contributed by atoms with Gasteiger partial charge in [-0.05, 0) is 26.0 Å². The van der Waals surface area contributed by atoms with Crippen LogP contribution in [0.25, 0.3) is 0 Å². The number of rotatable bonds is 2. The van der Waals surface area contributed by atoms with Crippen LogP contribution in [-0.2, 0) is 84.5 Å². The number of nitrogens with zero attached hydrogens (tertiary/aromatic N) is 2. The molecule has 4 heterocycles. The van der Waals surface area contributed by atoms with E-state index in [9.17, 15) is 9.59 Å². The molecule has 0 aromatic rings. The summed E-state index contributed by atoms with van der Waals surface area (Å²) in [6.45, 7) is 3.74. The SMILES string of the molecule is CC1/C(=C/CO)OC2CC(=O)N21.CC1/C(=C/CO)OC2CC(=O)N21.[Y].[Y]. The summed E-state index contributed by atoms with van der Waals surface area (Å²) in [6.07, 6.45) is 4.04. The Kier molecular flexibility index (Phi) is 9.37. The number of fused-ring (bicyclic) bond motifs is 2. The Morgan fingerprint density at radius 2 is 1.23 bits per heavy atom. The third-order valence-corrected chi connectivity index (χ3v) is 4.68. The molecular weight excluding hydrogens is 494 g/mol. The van der Waals surface area contributed by atoms with E-state index in [2.05, 4.69) is 0 Å². The summed E-state index contributed by atoms with van der Waals surface area (Å²) in [7, 11) is 0. The number of hydrogen-bond acceptors (Lipinski definition) is 6. The molecule has 4 aliphatic heterocycles. The molecule has 4 atom stereocenters. The topological polar surface area (TPSA) is 99.5 Å². The maximum absolute atomic E-state index is 11.0. The second kappa shape index (κ2) is 10.1. The molecule has 4 fully saturated rings. The van der Waals surface area contributed by atoms with Crippen molar-refractivity contribution in [3.63, 3.8) is 0 Å². The zero-order chi connectivity index (χ0) is 17.4. The third kappa shape index (κ3) is 4.41. The van der Waals surface area contributed by atoms with Crippen LogP contribution < -0.4 is 0 Å². The van der Waals surface area contributed by atoms with Crippen molar-refractivity contribution in [1.82, 2.24) is 9.80 Å².